The highest BCUT2D eigenvalue weighted by Gasteiger charge is 2.39. The topological polar surface area (TPSA) is 58.6 Å². The summed E-state index contributed by atoms with van der Waals surface area (Å²) in [7, 11) is 0. The maximum Gasteiger partial charge on any atom is 0.268 e. The minimum Gasteiger partial charge on any atom is -0.478 e. The Morgan fingerprint density at radius 3 is 2.81 bits per heavy atom. The predicted octanol–water partition coefficient (Wildman–Crippen LogP) is 4.17. The first kappa shape index (κ1) is 20.0. The van der Waals surface area contributed by atoms with Gasteiger partial charge in [-0.25, -0.2) is 0 Å². The van der Waals surface area contributed by atoms with Crippen LogP contribution in [0.4, 0.5) is 5.69 Å². The van der Waals surface area contributed by atoms with Gasteiger partial charge in [0.1, 0.15) is 11.8 Å². The van der Waals surface area contributed by atoms with Crippen molar-refractivity contribution < 1.29 is 14.3 Å². The van der Waals surface area contributed by atoms with Crippen LogP contribution in [0.25, 0.3) is 0 Å². The average Bonchev–Trinajstić information content (AvgIpc) is 2.64. The molecule has 0 saturated heterocycles. The van der Waals surface area contributed by atoms with Crippen LogP contribution in [-0.4, -0.2) is 30.0 Å². The number of benzene rings is 1. The van der Waals surface area contributed by atoms with Crippen molar-refractivity contribution in [3.8, 4) is 5.75 Å². The third-order valence-corrected chi connectivity index (χ3v) is 6.37. The van der Waals surface area contributed by atoms with E-state index in [4.69, 9.17) is 16.3 Å². The minimum absolute atomic E-state index is 0.128. The van der Waals surface area contributed by atoms with Crippen molar-refractivity contribution in [1.82, 2.24) is 5.32 Å². The molecule has 27 heavy (non-hydrogen) atoms. The van der Waals surface area contributed by atoms with Crippen LogP contribution >= 0.6 is 11.6 Å². The molecule has 5 unspecified atom stereocenters. The molecule has 1 aromatic carbocycles. The molecule has 1 heterocycles. The highest BCUT2D eigenvalue weighted by Crippen LogP contribution is 2.38. The van der Waals surface area contributed by atoms with Gasteiger partial charge in [-0.05, 0) is 49.8 Å². The molecule has 0 spiro atoms. The molecule has 1 aliphatic heterocycles. The summed E-state index contributed by atoms with van der Waals surface area (Å²) in [5, 5.41) is 3.70. The van der Waals surface area contributed by atoms with E-state index in [1.165, 1.54) is 6.42 Å². The lowest BCUT2D eigenvalue weighted by Crippen LogP contribution is -2.56. The summed E-state index contributed by atoms with van der Waals surface area (Å²) < 4.78 is 5.81. The second-order valence-corrected chi connectivity index (χ2v) is 8.33. The Balaban J connectivity index is 1.83. The normalized spacial score (nSPS) is 28.9. The third kappa shape index (κ3) is 3.93. The maximum atomic E-state index is 13.0. The van der Waals surface area contributed by atoms with E-state index in [0.29, 0.717) is 34.7 Å². The van der Waals surface area contributed by atoms with E-state index in [-0.39, 0.29) is 17.9 Å². The van der Waals surface area contributed by atoms with Crippen LogP contribution in [0.3, 0.4) is 0 Å². The number of carbonyl (C=O) groups is 2. The lowest BCUT2D eigenvalue weighted by Gasteiger charge is -2.39. The Bertz CT molecular complexity index is 723. The summed E-state index contributed by atoms with van der Waals surface area (Å²) in [6.07, 6.45) is 3.28. The van der Waals surface area contributed by atoms with Crippen LogP contribution < -0.4 is 15.0 Å². The molecule has 1 saturated carbocycles. The van der Waals surface area contributed by atoms with Gasteiger partial charge in [-0.1, -0.05) is 45.2 Å². The number of ether oxygens (including phenoxy) is 1. The molecule has 148 valence electrons. The first-order valence-electron chi connectivity index (χ1n) is 9.93. The maximum absolute atomic E-state index is 13.0. The van der Waals surface area contributed by atoms with E-state index in [0.717, 1.165) is 12.8 Å². The van der Waals surface area contributed by atoms with Gasteiger partial charge in [-0.3, -0.25) is 14.5 Å². The zero-order valence-corrected chi connectivity index (χ0v) is 17.3. The van der Waals surface area contributed by atoms with Crippen LogP contribution in [0.5, 0.6) is 5.75 Å². The lowest BCUT2D eigenvalue weighted by molar-refractivity contribution is -0.131. The predicted molar refractivity (Wildman–Crippen MR) is 107 cm³/mol. The Morgan fingerprint density at radius 2 is 2.11 bits per heavy atom. The zero-order valence-electron chi connectivity index (χ0n) is 16.5. The fourth-order valence-corrected chi connectivity index (χ4v) is 4.29. The molecule has 0 radical (unpaired) electrons. The molecule has 0 aromatic heterocycles. The van der Waals surface area contributed by atoms with Crippen LogP contribution in [0, 0.1) is 11.8 Å². The summed E-state index contributed by atoms with van der Waals surface area (Å²) in [6.45, 7) is 8.11. The van der Waals surface area contributed by atoms with Crippen LogP contribution in [0.1, 0.15) is 53.4 Å². The number of carbonyl (C=O) groups excluding carboxylic acids is 2. The number of hydrogen-bond donors (Lipinski definition) is 1. The molecule has 2 aliphatic rings. The third-order valence-electron chi connectivity index (χ3n) is 6.13. The van der Waals surface area contributed by atoms with Gasteiger partial charge in [0.25, 0.3) is 5.91 Å². The SMILES string of the molecule is CCC1Oc2ccc(Cl)cc2N(C(C)C(=O)NC2CCCC(C)C2C)C1=O. The van der Waals surface area contributed by atoms with Gasteiger partial charge in [0, 0.05) is 11.1 Å². The van der Waals surface area contributed by atoms with Crippen molar-refractivity contribution in [3.05, 3.63) is 23.2 Å². The Morgan fingerprint density at radius 1 is 1.37 bits per heavy atom. The number of anilines is 1. The van der Waals surface area contributed by atoms with Crippen molar-refractivity contribution in [2.75, 3.05) is 4.90 Å². The molecule has 5 atom stereocenters. The van der Waals surface area contributed by atoms with Crippen LogP contribution in [0.2, 0.25) is 5.02 Å². The molecule has 1 aromatic rings. The van der Waals surface area contributed by atoms with Gasteiger partial charge in [-0.2, -0.15) is 0 Å². The van der Waals surface area contributed by atoms with E-state index in [1.807, 2.05) is 6.92 Å². The summed E-state index contributed by atoms with van der Waals surface area (Å²) in [6, 6.07) is 4.71. The van der Waals surface area contributed by atoms with Gasteiger partial charge in [0.2, 0.25) is 5.91 Å². The number of nitrogens with one attached hydrogen (secondary N) is 1. The van der Waals surface area contributed by atoms with Crippen molar-refractivity contribution in [2.45, 2.75) is 71.6 Å². The molecule has 5 nitrogen and oxygen atoms in total. The van der Waals surface area contributed by atoms with Crippen molar-refractivity contribution >= 4 is 29.1 Å². The van der Waals surface area contributed by atoms with Gasteiger partial charge < -0.3 is 10.1 Å². The number of hydrogen-bond acceptors (Lipinski definition) is 3. The monoisotopic (exact) mass is 392 g/mol. The van der Waals surface area contributed by atoms with E-state index < -0.39 is 12.1 Å². The molecule has 1 N–H and O–H groups in total. The quantitative estimate of drug-likeness (QED) is 0.836. The lowest BCUT2D eigenvalue weighted by atomic mass is 9.78. The van der Waals surface area contributed by atoms with Crippen molar-refractivity contribution in [2.24, 2.45) is 11.8 Å². The molecular weight excluding hydrogens is 364 g/mol. The number of nitrogens with zero attached hydrogens (tertiary/aromatic N) is 1. The summed E-state index contributed by atoms with van der Waals surface area (Å²) in [5.41, 5.74) is 0.560. The number of halogens is 1. The van der Waals surface area contributed by atoms with Gasteiger partial charge in [-0.15, -0.1) is 0 Å². The minimum atomic E-state index is -0.628. The molecule has 0 bridgehead atoms. The van der Waals surface area contributed by atoms with E-state index in [1.54, 1.807) is 30.0 Å². The first-order valence-corrected chi connectivity index (χ1v) is 10.3. The zero-order chi connectivity index (χ0) is 19.7. The molecule has 2 amide bonds. The molecule has 1 fully saturated rings. The Hall–Kier alpha value is -1.75. The largest absolute Gasteiger partial charge is 0.478 e. The molecule has 3 rings (SSSR count). The number of fused-ring (bicyclic) bond motifs is 1. The van der Waals surface area contributed by atoms with E-state index >= 15 is 0 Å². The molecule has 1 aliphatic carbocycles. The summed E-state index contributed by atoms with van der Waals surface area (Å²) in [4.78, 5) is 27.5. The van der Waals surface area contributed by atoms with Gasteiger partial charge in [0.15, 0.2) is 6.10 Å². The smallest absolute Gasteiger partial charge is 0.268 e. The second-order valence-electron chi connectivity index (χ2n) is 7.89. The highest BCUT2D eigenvalue weighted by molar-refractivity contribution is 6.31. The summed E-state index contributed by atoms with van der Waals surface area (Å²) in [5.74, 6) is 1.29. The summed E-state index contributed by atoms with van der Waals surface area (Å²) >= 11 is 6.14. The Kier molecular flexibility index (Phi) is 5.99. The van der Waals surface area contributed by atoms with Crippen molar-refractivity contribution in [1.29, 1.82) is 0 Å². The van der Waals surface area contributed by atoms with Crippen LogP contribution in [0.15, 0.2) is 18.2 Å². The average molecular weight is 393 g/mol. The first-order chi connectivity index (χ1) is 12.8. The standard InChI is InChI=1S/C21H29ClN2O3/c1-5-18-21(26)24(17-11-15(22)9-10-19(17)27-18)14(4)20(25)23-16-8-6-7-12(2)13(16)3/h9-14,16,18H,5-8H2,1-4H3,(H,23,25). The second kappa shape index (κ2) is 8.09. The highest BCUT2D eigenvalue weighted by atomic mass is 35.5. The van der Waals surface area contributed by atoms with E-state index in [2.05, 4.69) is 19.2 Å². The van der Waals surface area contributed by atoms with Crippen LogP contribution in [-0.2, 0) is 9.59 Å². The Labute approximate surface area is 166 Å². The molecular formula is C21H29ClN2O3. The number of amides is 2. The van der Waals surface area contributed by atoms with Gasteiger partial charge >= 0.3 is 0 Å². The molecule has 6 heteroatoms. The van der Waals surface area contributed by atoms with E-state index in [9.17, 15) is 9.59 Å². The van der Waals surface area contributed by atoms with Crippen molar-refractivity contribution in [3.63, 3.8) is 0 Å². The van der Waals surface area contributed by atoms with Gasteiger partial charge in [0.05, 0.1) is 5.69 Å². The number of rotatable bonds is 4. The fraction of sp³-hybridized carbons (Fsp3) is 0.619. The fourth-order valence-electron chi connectivity index (χ4n) is 4.12.